The summed E-state index contributed by atoms with van der Waals surface area (Å²) >= 11 is 0.349. The number of aryl methyl sites for hydroxylation is 2. The molecular formula is C13H11F3O2S. The van der Waals surface area contributed by atoms with E-state index in [2.05, 4.69) is 0 Å². The topological polar surface area (TPSA) is 37.3 Å². The van der Waals surface area contributed by atoms with E-state index >= 15 is 0 Å². The van der Waals surface area contributed by atoms with Gasteiger partial charge in [-0.1, -0.05) is 30.0 Å². The molecule has 1 aromatic rings. The zero-order valence-corrected chi connectivity index (χ0v) is 11.0. The molecule has 2 nitrogen and oxygen atoms in total. The van der Waals surface area contributed by atoms with Gasteiger partial charge in [0.25, 0.3) is 0 Å². The minimum absolute atomic E-state index is 0.349. The first kappa shape index (κ1) is 14.0. The second kappa shape index (κ2) is 4.30. The highest BCUT2D eigenvalue weighted by atomic mass is 32.2. The highest BCUT2D eigenvalue weighted by Gasteiger charge is 2.61. The average molecular weight is 288 g/mol. The normalized spacial score (nSPS) is 22.2. The molecule has 0 aliphatic carbocycles. The van der Waals surface area contributed by atoms with Crippen LogP contribution in [0.2, 0.25) is 0 Å². The number of carboxylic acids is 1. The smallest absolute Gasteiger partial charge is 0.417 e. The van der Waals surface area contributed by atoms with Crippen LogP contribution in [0, 0.1) is 13.8 Å². The second-order valence-electron chi connectivity index (χ2n) is 4.42. The fraction of sp³-hybridized carbons (Fsp3) is 0.308. The van der Waals surface area contributed by atoms with Crippen molar-refractivity contribution in [1.29, 1.82) is 0 Å². The van der Waals surface area contributed by atoms with E-state index in [1.807, 2.05) is 0 Å². The van der Waals surface area contributed by atoms with Crippen molar-refractivity contribution in [1.82, 2.24) is 0 Å². The summed E-state index contributed by atoms with van der Waals surface area (Å²) in [5, 5.41) is 9.02. The molecule has 1 N–H and O–H groups in total. The fourth-order valence-electron chi connectivity index (χ4n) is 1.93. The molecule has 1 aromatic carbocycles. The Hall–Kier alpha value is -1.43. The highest BCUT2D eigenvalue weighted by Crippen LogP contribution is 2.51. The molecule has 0 bridgehead atoms. The molecule has 1 heterocycles. The number of rotatable bonds is 1. The lowest BCUT2D eigenvalue weighted by molar-refractivity contribution is -0.174. The van der Waals surface area contributed by atoms with Crippen LogP contribution in [0.5, 0.6) is 0 Å². The molecule has 0 amide bonds. The molecule has 1 aliphatic heterocycles. The SMILES string of the molecule is Cc1ccc(C)c2c1C=CC(C(=O)O)(C(F)(F)F)S2. The van der Waals surface area contributed by atoms with Crippen molar-refractivity contribution in [3.63, 3.8) is 0 Å². The third kappa shape index (κ3) is 2.04. The van der Waals surface area contributed by atoms with E-state index in [4.69, 9.17) is 5.11 Å². The number of carboxylic acid groups (broad SMARTS) is 1. The van der Waals surface area contributed by atoms with Crippen molar-refractivity contribution in [2.75, 3.05) is 0 Å². The third-order valence-electron chi connectivity index (χ3n) is 3.10. The average Bonchev–Trinajstić information content (AvgIpc) is 2.32. The molecule has 0 spiro atoms. The largest absolute Gasteiger partial charge is 0.480 e. The van der Waals surface area contributed by atoms with Crippen LogP contribution in [-0.2, 0) is 4.79 Å². The molecule has 2 rings (SSSR count). The van der Waals surface area contributed by atoms with Gasteiger partial charge in [0.05, 0.1) is 0 Å². The van der Waals surface area contributed by atoms with E-state index in [9.17, 15) is 18.0 Å². The Morgan fingerprint density at radius 2 is 1.84 bits per heavy atom. The zero-order valence-electron chi connectivity index (χ0n) is 10.2. The number of thioether (sulfide) groups is 1. The van der Waals surface area contributed by atoms with Gasteiger partial charge in [0.15, 0.2) is 0 Å². The van der Waals surface area contributed by atoms with Crippen LogP contribution in [0.4, 0.5) is 13.2 Å². The fourth-order valence-corrected chi connectivity index (χ4v) is 3.16. The number of fused-ring (bicyclic) bond motifs is 1. The summed E-state index contributed by atoms with van der Waals surface area (Å²) in [5.41, 5.74) is 2.13. The molecule has 0 saturated heterocycles. The summed E-state index contributed by atoms with van der Waals surface area (Å²) in [6.45, 7) is 3.46. The van der Waals surface area contributed by atoms with Crippen molar-refractivity contribution in [3.05, 3.63) is 34.9 Å². The number of halogens is 3. The van der Waals surface area contributed by atoms with Crippen LogP contribution in [0.15, 0.2) is 23.1 Å². The maximum Gasteiger partial charge on any atom is 0.417 e. The Kier molecular flexibility index (Phi) is 3.16. The molecular weight excluding hydrogens is 277 g/mol. The number of hydrogen-bond donors (Lipinski definition) is 1. The molecule has 1 atom stereocenters. The summed E-state index contributed by atoms with van der Waals surface area (Å²) in [6, 6.07) is 3.50. The first-order valence-corrected chi connectivity index (χ1v) is 6.29. The van der Waals surface area contributed by atoms with Crippen LogP contribution in [-0.4, -0.2) is 22.0 Å². The summed E-state index contributed by atoms with van der Waals surface area (Å²) in [7, 11) is 0. The molecule has 1 aliphatic rings. The highest BCUT2D eigenvalue weighted by molar-refractivity contribution is 8.01. The summed E-state index contributed by atoms with van der Waals surface area (Å²) in [5.74, 6) is -1.90. The van der Waals surface area contributed by atoms with Crippen LogP contribution in [0.25, 0.3) is 6.08 Å². The van der Waals surface area contributed by atoms with E-state index in [0.29, 0.717) is 27.8 Å². The van der Waals surface area contributed by atoms with Gasteiger partial charge in [0.1, 0.15) is 0 Å². The van der Waals surface area contributed by atoms with Gasteiger partial charge >= 0.3 is 12.1 Å². The van der Waals surface area contributed by atoms with Gasteiger partial charge in [-0.3, -0.25) is 0 Å². The van der Waals surface area contributed by atoms with Gasteiger partial charge < -0.3 is 5.11 Å². The minimum Gasteiger partial charge on any atom is -0.480 e. The lowest BCUT2D eigenvalue weighted by Gasteiger charge is -2.32. The quantitative estimate of drug-likeness (QED) is 0.854. The van der Waals surface area contributed by atoms with E-state index in [1.165, 1.54) is 6.08 Å². The summed E-state index contributed by atoms with van der Waals surface area (Å²) in [6.07, 6.45) is -2.86. The maximum atomic E-state index is 13.1. The van der Waals surface area contributed by atoms with Gasteiger partial charge in [-0.05, 0) is 36.6 Å². The number of aliphatic carboxylic acids is 1. The van der Waals surface area contributed by atoms with E-state index < -0.39 is 16.9 Å². The van der Waals surface area contributed by atoms with Gasteiger partial charge in [0, 0.05) is 4.90 Å². The standard InChI is InChI=1S/C13H11F3O2S/c1-7-3-4-8(2)10-9(7)5-6-12(19-10,11(17)18)13(14,15)16/h3-6H,1-2H3,(H,17,18). The Labute approximate surface area is 112 Å². The van der Waals surface area contributed by atoms with E-state index in [1.54, 1.807) is 26.0 Å². The van der Waals surface area contributed by atoms with Crippen molar-refractivity contribution < 1.29 is 23.1 Å². The van der Waals surface area contributed by atoms with Crippen molar-refractivity contribution in [2.45, 2.75) is 29.7 Å². The van der Waals surface area contributed by atoms with Gasteiger partial charge in [-0.25, -0.2) is 4.79 Å². The molecule has 102 valence electrons. The molecule has 0 radical (unpaired) electrons. The molecule has 0 fully saturated rings. The van der Waals surface area contributed by atoms with Gasteiger partial charge in [0.2, 0.25) is 4.75 Å². The van der Waals surface area contributed by atoms with E-state index in [0.717, 1.165) is 11.6 Å². The van der Waals surface area contributed by atoms with Crippen LogP contribution in [0.3, 0.4) is 0 Å². The summed E-state index contributed by atoms with van der Waals surface area (Å²) in [4.78, 5) is 11.5. The Morgan fingerprint density at radius 1 is 1.26 bits per heavy atom. The molecule has 1 unspecified atom stereocenters. The Balaban J connectivity index is 2.64. The van der Waals surface area contributed by atoms with Crippen LogP contribution in [0.1, 0.15) is 16.7 Å². The molecule has 6 heteroatoms. The number of benzene rings is 1. The summed E-state index contributed by atoms with van der Waals surface area (Å²) < 4.78 is 36.5. The molecule has 0 aromatic heterocycles. The monoisotopic (exact) mass is 288 g/mol. The van der Waals surface area contributed by atoms with Crippen molar-refractivity contribution in [2.24, 2.45) is 0 Å². The van der Waals surface area contributed by atoms with Gasteiger partial charge in [-0.15, -0.1) is 0 Å². The first-order chi connectivity index (χ1) is 8.69. The van der Waals surface area contributed by atoms with Gasteiger partial charge in [-0.2, -0.15) is 13.2 Å². The lowest BCUT2D eigenvalue weighted by Crippen LogP contribution is -2.48. The van der Waals surface area contributed by atoms with Crippen molar-refractivity contribution in [3.8, 4) is 0 Å². The third-order valence-corrected chi connectivity index (χ3v) is 4.71. The van der Waals surface area contributed by atoms with Crippen LogP contribution < -0.4 is 0 Å². The van der Waals surface area contributed by atoms with Crippen molar-refractivity contribution >= 4 is 23.8 Å². The second-order valence-corrected chi connectivity index (χ2v) is 5.67. The lowest BCUT2D eigenvalue weighted by atomic mass is 10.0. The molecule has 19 heavy (non-hydrogen) atoms. The first-order valence-electron chi connectivity index (χ1n) is 5.47. The Morgan fingerprint density at radius 3 is 2.37 bits per heavy atom. The maximum absolute atomic E-state index is 13.1. The number of alkyl halides is 3. The predicted molar refractivity (Wildman–Crippen MR) is 67.2 cm³/mol. The minimum atomic E-state index is -4.85. The number of hydrogen-bond acceptors (Lipinski definition) is 2. The van der Waals surface area contributed by atoms with E-state index in [-0.39, 0.29) is 0 Å². The van der Waals surface area contributed by atoms with Crippen LogP contribution >= 0.6 is 11.8 Å². The zero-order chi connectivity index (χ0) is 14.4. The Bertz CT molecular complexity index is 578. The number of carbonyl (C=O) groups is 1. The predicted octanol–water partition coefficient (Wildman–Crippen LogP) is 3.81. The molecule has 0 saturated carbocycles.